The van der Waals surface area contributed by atoms with Crippen LogP contribution >= 0.6 is 0 Å². The summed E-state index contributed by atoms with van der Waals surface area (Å²) in [4.78, 5) is 15.1. The number of hydrogen-bond donors (Lipinski definition) is 3. The van der Waals surface area contributed by atoms with Crippen molar-refractivity contribution in [2.75, 3.05) is 26.4 Å². The van der Waals surface area contributed by atoms with Crippen molar-refractivity contribution in [3.63, 3.8) is 0 Å². The third-order valence-electron chi connectivity index (χ3n) is 5.43. The fourth-order valence-corrected chi connectivity index (χ4v) is 4.54. The van der Waals surface area contributed by atoms with Crippen LogP contribution in [0.15, 0.2) is 41.3 Å². The van der Waals surface area contributed by atoms with Crippen molar-refractivity contribution in [2.45, 2.75) is 37.4 Å². The number of carbonyl (C=O) groups is 1. The maximum Gasteiger partial charge on any atom is 0.256 e. The lowest BCUT2D eigenvalue weighted by molar-refractivity contribution is 0.0878. The van der Waals surface area contributed by atoms with Gasteiger partial charge in [0.05, 0.1) is 24.5 Å². The van der Waals surface area contributed by atoms with Gasteiger partial charge in [0.1, 0.15) is 10.6 Å². The zero-order chi connectivity index (χ0) is 21.9. The normalized spacial score (nSPS) is 17.1. The number of aryl methyl sites for hydroxylation is 1. The number of nitrogens with one attached hydrogen (secondary N) is 2. The van der Waals surface area contributed by atoms with E-state index in [1.807, 2.05) is 12.1 Å². The Bertz CT molecular complexity index is 1040. The second-order valence-corrected chi connectivity index (χ2v) is 9.18. The minimum Gasteiger partial charge on any atom is -0.496 e. The molecule has 0 aromatic heterocycles. The molecular weight excluding hydrogens is 404 g/mol. The molecule has 1 unspecified atom stereocenters. The average molecular weight is 433 g/mol. The SMILES string of the molecule is CNS(=O)(=O)c1cc(C(=O)NC2CCCN2Cc2ccccc2C)c(OC)cc1N. The summed E-state index contributed by atoms with van der Waals surface area (Å²) in [6, 6.07) is 10.8. The van der Waals surface area contributed by atoms with Gasteiger partial charge in [0.2, 0.25) is 10.0 Å². The van der Waals surface area contributed by atoms with Crippen LogP contribution in [0.4, 0.5) is 5.69 Å². The summed E-state index contributed by atoms with van der Waals surface area (Å²) >= 11 is 0. The summed E-state index contributed by atoms with van der Waals surface area (Å²) in [6.45, 7) is 3.68. The predicted octanol–water partition coefficient (Wildman–Crippen LogP) is 1.85. The van der Waals surface area contributed by atoms with Gasteiger partial charge in [0, 0.05) is 19.2 Å². The van der Waals surface area contributed by atoms with Crippen LogP contribution in [0.2, 0.25) is 0 Å². The first-order chi connectivity index (χ1) is 14.3. The number of likely N-dealkylation sites (tertiary alicyclic amines) is 1. The number of nitrogen functional groups attached to an aromatic ring is 1. The maximum absolute atomic E-state index is 13.1. The summed E-state index contributed by atoms with van der Waals surface area (Å²) in [5.74, 6) is -0.176. The summed E-state index contributed by atoms with van der Waals surface area (Å²) in [5, 5.41) is 3.03. The van der Waals surface area contributed by atoms with Crippen molar-refractivity contribution in [2.24, 2.45) is 0 Å². The van der Waals surface area contributed by atoms with Gasteiger partial charge in [-0.3, -0.25) is 9.69 Å². The van der Waals surface area contributed by atoms with Crippen LogP contribution < -0.4 is 20.5 Å². The second kappa shape index (κ2) is 9.03. The number of methoxy groups -OCH3 is 1. The highest BCUT2D eigenvalue weighted by Gasteiger charge is 2.29. The fourth-order valence-electron chi connectivity index (χ4n) is 3.68. The molecule has 30 heavy (non-hydrogen) atoms. The number of ether oxygens (including phenoxy) is 1. The molecule has 0 aliphatic carbocycles. The van der Waals surface area contributed by atoms with Gasteiger partial charge in [0.15, 0.2) is 0 Å². The number of amides is 1. The molecule has 4 N–H and O–H groups in total. The van der Waals surface area contributed by atoms with Gasteiger partial charge in [-0.15, -0.1) is 0 Å². The highest BCUT2D eigenvalue weighted by molar-refractivity contribution is 7.89. The lowest BCUT2D eigenvalue weighted by Crippen LogP contribution is -2.44. The number of nitrogens with zero attached hydrogens (tertiary/aromatic N) is 1. The molecule has 1 fully saturated rings. The topological polar surface area (TPSA) is 114 Å². The molecule has 3 rings (SSSR count). The lowest BCUT2D eigenvalue weighted by atomic mass is 10.1. The van der Waals surface area contributed by atoms with Crippen LogP contribution in [0.5, 0.6) is 5.75 Å². The van der Waals surface area contributed by atoms with Gasteiger partial charge in [0.25, 0.3) is 5.91 Å². The minimum absolute atomic E-state index is 0.0137. The molecule has 1 atom stereocenters. The zero-order valence-electron chi connectivity index (χ0n) is 17.4. The van der Waals surface area contributed by atoms with E-state index < -0.39 is 15.9 Å². The average Bonchev–Trinajstić information content (AvgIpc) is 3.15. The Hall–Kier alpha value is -2.62. The molecule has 1 amide bonds. The Labute approximate surface area is 177 Å². The van der Waals surface area contributed by atoms with Crippen molar-refractivity contribution >= 4 is 21.6 Å². The van der Waals surface area contributed by atoms with Crippen molar-refractivity contribution in [1.82, 2.24) is 14.9 Å². The van der Waals surface area contributed by atoms with E-state index in [2.05, 4.69) is 34.0 Å². The summed E-state index contributed by atoms with van der Waals surface area (Å²) < 4.78 is 32.0. The Balaban J connectivity index is 1.84. The van der Waals surface area contributed by atoms with Gasteiger partial charge in [-0.05, 0) is 44.0 Å². The fraction of sp³-hybridized carbons (Fsp3) is 0.381. The summed E-state index contributed by atoms with van der Waals surface area (Å²) in [7, 11) is -1.11. The highest BCUT2D eigenvalue weighted by Crippen LogP contribution is 2.29. The van der Waals surface area contributed by atoms with E-state index in [9.17, 15) is 13.2 Å². The third-order valence-corrected chi connectivity index (χ3v) is 6.90. The van der Waals surface area contributed by atoms with Gasteiger partial charge in [-0.1, -0.05) is 24.3 Å². The molecular formula is C21H28N4O4S. The zero-order valence-corrected chi connectivity index (χ0v) is 18.3. The van der Waals surface area contributed by atoms with Crippen molar-refractivity contribution < 1.29 is 17.9 Å². The number of rotatable bonds is 7. The molecule has 1 aliphatic heterocycles. The Morgan fingerprint density at radius 3 is 2.70 bits per heavy atom. The second-order valence-electron chi connectivity index (χ2n) is 7.33. The van der Waals surface area contributed by atoms with Gasteiger partial charge in [-0.25, -0.2) is 13.1 Å². The molecule has 8 nitrogen and oxygen atoms in total. The first kappa shape index (κ1) is 22.1. The van der Waals surface area contributed by atoms with Crippen LogP contribution in [-0.4, -0.2) is 46.1 Å². The molecule has 1 aliphatic rings. The van der Waals surface area contributed by atoms with E-state index in [1.54, 1.807) is 0 Å². The molecule has 0 spiro atoms. The quantitative estimate of drug-likeness (QED) is 0.576. The number of sulfonamides is 1. The highest BCUT2D eigenvalue weighted by atomic mass is 32.2. The number of anilines is 1. The van der Waals surface area contributed by atoms with Crippen LogP contribution in [0.25, 0.3) is 0 Å². The molecule has 0 saturated carbocycles. The van der Waals surface area contributed by atoms with Crippen molar-refractivity contribution in [1.29, 1.82) is 0 Å². The molecule has 9 heteroatoms. The maximum atomic E-state index is 13.1. The molecule has 2 aromatic carbocycles. The Kier molecular flexibility index (Phi) is 6.64. The molecule has 162 valence electrons. The largest absolute Gasteiger partial charge is 0.496 e. The van der Waals surface area contributed by atoms with E-state index >= 15 is 0 Å². The molecule has 0 radical (unpaired) electrons. The molecule has 1 heterocycles. The number of benzene rings is 2. The monoisotopic (exact) mass is 432 g/mol. The number of nitrogens with two attached hydrogens (primary N) is 1. The number of hydrogen-bond acceptors (Lipinski definition) is 6. The minimum atomic E-state index is -3.81. The van der Waals surface area contributed by atoms with Crippen LogP contribution in [0.1, 0.15) is 34.3 Å². The van der Waals surface area contributed by atoms with Crippen LogP contribution in [0, 0.1) is 6.92 Å². The van der Waals surface area contributed by atoms with Gasteiger partial charge in [-0.2, -0.15) is 0 Å². The molecule has 1 saturated heterocycles. The lowest BCUT2D eigenvalue weighted by Gasteiger charge is -2.26. The molecule has 2 aromatic rings. The van der Waals surface area contributed by atoms with E-state index in [0.717, 1.165) is 25.9 Å². The third kappa shape index (κ3) is 4.58. The predicted molar refractivity (Wildman–Crippen MR) is 116 cm³/mol. The van der Waals surface area contributed by atoms with Crippen molar-refractivity contribution in [3.8, 4) is 5.75 Å². The standard InChI is InChI=1S/C21H28N4O4S/c1-14-7-4-5-8-15(14)13-25-10-6-9-20(25)24-21(26)16-11-19(30(27,28)23-2)17(22)12-18(16)29-3/h4-5,7-8,11-12,20,23H,6,9-10,13,22H2,1-3H3,(H,24,26). The first-order valence-corrected chi connectivity index (χ1v) is 11.3. The van der Waals surface area contributed by atoms with E-state index in [1.165, 1.54) is 37.4 Å². The van der Waals surface area contributed by atoms with Crippen LogP contribution in [-0.2, 0) is 16.6 Å². The van der Waals surface area contributed by atoms with E-state index in [0.29, 0.717) is 0 Å². The van der Waals surface area contributed by atoms with Crippen molar-refractivity contribution in [3.05, 3.63) is 53.1 Å². The first-order valence-electron chi connectivity index (χ1n) is 9.77. The van der Waals surface area contributed by atoms with Gasteiger partial charge < -0.3 is 15.8 Å². The van der Waals surface area contributed by atoms with Gasteiger partial charge >= 0.3 is 0 Å². The van der Waals surface area contributed by atoms with E-state index in [4.69, 9.17) is 10.5 Å². The van der Waals surface area contributed by atoms with Crippen LogP contribution in [0.3, 0.4) is 0 Å². The van der Waals surface area contributed by atoms with E-state index in [-0.39, 0.29) is 28.1 Å². The Morgan fingerprint density at radius 2 is 2.03 bits per heavy atom. The number of carbonyl (C=O) groups excluding carboxylic acids is 1. The molecule has 0 bridgehead atoms. The summed E-state index contributed by atoms with van der Waals surface area (Å²) in [5.41, 5.74) is 8.44. The smallest absolute Gasteiger partial charge is 0.256 e. The summed E-state index contributed by atoms with van der Waals surface area (Å²) in [6.07, 6.45) is 1.63. The Morgan fingerprint density at radius 1 is 1.30 bits per heavy atom.